The first-order chi connectivity index (χ1) is 14.6. The number of alkyl halides is 1. The van der Waals surface area contributed by atoms with Crippen LogP contribution >= 0.6 is 11.6 Å². The number of hydrogen-bond acceptors (Lipinski definition) is 4. The lowest BCUT2D eigenvalue weighted by molar-refractivity contribution is 0.0935. The zero-order valence-corrected chi connectivity index (χ0v) is 16.6. The van der Waals surface area contributed by atoms with E-state index in [9.17, 15) is 9.59 Å². The molecule has 0 spiro atoms. The summed E-state index contributed by atoms with van der Waals surface area (Å²) >= 11 is 5.73. The molecule has 0 saturated heterocycles. The Hall–Kier alpha value is -3.58. The van der Waals surface area contributed by atoms with E-state index in [1.807, 2.05) is 54.7 Å². The molecule has 3 heterocycles. The summed E-state index contributed by atoms with van der Waals surface area (Å²) in [6.07, 6.45) is 3.59. The molecule has 8 heteroatoms. The summed E-state index contributed by atoms with van der Waals surface area (Å²) < 4.78 is 3.23. The number of carbonyl (C=O) groups is 2. The number of carbonyl (C=O) groups excluding carboxylic acids is 2. The Bertz CT molecular complexity index is 1310. The minimum atomic E-state index is -0.195. The van der Waals surface area contributed by atoms with Crippen molar-refractivity contribution in [2.24, 2.45) is 0 Å². The van der Waals surface area contributed by atoms with Crippen LogP contribution in [0.15, 0.2) is 60.9 Å². The zero-order chi connectivity index (χ0) is 20.8. The predicted octanol–water partition coefficient (Wildman–Crippen LogP) is 3.16. The van der Waals surface area contributed by atoms with Crippen LogP contribution in [-0.2, 0) is 0 Å². The Kier molecular flexibility index (Phi) is 4.33. The van der Waals surface area contributed by atoms with Gasteiger partial charge in [0.25, 0.3) is 5.91 Å². The number of anilines is 1. The molecule has 3 N–H and O–H groups in total. The number of amides is 1. The summed E-state index contributed by atoms with van der Waals surface area (Å²) in [4.78, 5) is 24.3. The van der Waals surface area contributed by atoms with E-state index in [-0.39, 0.29) is 23.6 Å². The molecule has 1 aliphatic heterocycles. The number of nitrogens with two attached hydrogens (primary N) is 1. The van der Waals surface area contributed by atoms with E-state index < -0.39 is 0 Å². The largest absolute Gasteiger partial charge is 0.382 e. The Morgan fingerprint density at radius 1 is 1.20 bits per heavy atom. The molecule has 0 fully saturated rings. The number of nitrogens with zero attached hydrogens (tertiary/aromatic N) is 3. The number of rotatable bonds is 3. The van der Waals surface area contributed by atoms with Crippen molar-refractivity contribution >= 4 is 40.1 Å². The molecule has 7 nitrogen and oxygen atoms in total. The zero-order valence-electron chi connectivity index (χ0n) is 15.9. The Morgan fingerprint density at radius 3 is 2.87 bits per heavy atom. The number of fused-ring (bicyclic) bond motifs is 2. The van der Waals surface area contributed by atoms with Gasteiger partial charge in [0.1, 0.15) is 11.7 Å². The van der Waals surface area contributed by atoms with E-state index in [0.29, 0.717) is 17.9 Å². The normalized spacial score (nSPS) is 15.8. The molecule has 30 heavy (non-hydrogen) atoms. The molecule has 4 aromatic rings. The topological polar surface area (TPSA) is 94.9 Å². The van der Waals surface area contributed by atoms with E-state index in [1.165, 1.54) is 4.57 Å². The highest BCUT2D eigenvalue weighted by atomic mass is 35.5. The van der Waals surface area contributed by atoms with E-state index in [4.69, 9.17) is 17.3 Å². The minimum Gasteiger partial charge on any atom is -0.382 e. The lowest BCUT2D eigenvalue weighted by Gasteiger charge is -2.25. The van der Waals surface area contributed by atoms with Crippen LogP contribution < -0.4 is 11.1 Å². The van der Waals surface area contributed by atoms with Gasteiger partial charge in [-0.25, -0.2) is 4.68 Å². The van der Waals surface area contributed by atoms with Crippen LogP contribution in [0.3, 0.4) is 0 Å². The van der Waals surface area contributed by atoms with Gasteiger partial charge in [-0.2, -0.15) is 5.10 Å². The van der Waals surface area contributed by atoms with E-state index in [0.717, 1.165) is 27.7 Å². The fourth-order valence-corrected chi connectivity index (χ4v) is 4.16. The van der Waals surface area contributed by atoms with Crippen molar-refractivity contribution in [1.82, 2.24) is 19.7 Å². The van der Waals surface area contributed by atoms with Gasteiger partial charge in [0, 0.05) is 41.4 Å². The summed E-state index contributed by atoms with van der Waals surface area (Å²) in [5.74, 6) is -0.0574. The van der Waals surface area contributed by atoms with Gasteiger partial charge in [0.2, 0.25) is 5.91 Å². The standard InChI is InChI=1S/C22H18ClN5O2/c23-10-20(29)27-8-7-13-5-6-14(9-19(13)27)28-12-18(21(24)26-28)17-11-25-22(30)16-4-2-1-3-15(16)17/h1-9,12,17H,10-11H2,(H2,24,26)(H,25,30). The van der Waals surface area contributed by atoms with E-state index in [2.05, 4.69) is 10.4 Å². The van der Waals surface area contributed by atoms with Crippen LogP contribution in [0.5, 0.6) is 0 Å². The highest BCUT2D eigenvalue weighted by Gasteiger charge is 2.29. The lowest BCUT2D eigenvalue weighted by Crippen LogP contribution is -2.35. The van der Waals surface area contributed by atoms with Crippen molar-refractivity contribution in [1.29, 1.82) is 0 Å². The smallest absolute Gasteiger partial charge is 0.251 e. The molecular formula is C22H18ClN5O2. The van der Waals surface area contributed by atoms with Crippen LogP contribution in [0.25, 0.3) is 16.6 Å². The molecule has 1 aliphatic rings. The van der Waals surface area contributed by atoms with Crippen LogP contribution in [0.4, 0.5) is 5.82 Å². The van der Waals surface area contributed by atoms with Crippen molar-refractivity contribution in [3.8, 4) is 5.69 Å². The molecule has 2 aromatic heterocycles. The molecule has 0 saturated carbocycles. The quantitative estimate of drug-likeness (QED) is 0.498. The third-order valence-electron chi connectivity index (χ3n) is 5.52. The van der Waals surface area contributed by atoms with Gasteiger partial charge in [-0.3, -0.25) is 14.2 Å². The van der Waals surface area contributed by atoms with Crippen LogP contribution in [0.1, 0.15) is 32.2 Å². The highest BCUT2D eigenvalue weighted by molar-refractivity contribution is 6.28. The van der Waals surface area contributed by atoms with Crippen molar-refractivity contribution in [3.63, 3.8) is 0 Å². The second kappa shape index (κ2) is 7.03. The van der Waals surface area contributed by atoms with Crippen molar-refractivity contribution in [2.45, 2.75) is 5.92 Å². The van der Waals surface area contributed by atoms with Crippen molar-refractivity contribution in [3.05, 3.63) is 77.6 Å². The number of nitrogens with one attached hydrogen (secondary N) is 1. The van der Waals surface area contributed by atoms with E-state index in [1.54, 1.807) is 10.9 Å². The third kappa shape index (κ3) is 2.86. The lowest BCUT2D eigenvalue weighted by atomic mass is 9.86. The predicted molar refractivity (Wildman–Crippen MR) is 115 cm³/mol. The SMILES string of the molecule is Nc1nn(-c2ccc3ccn(C(=O)CCl)c3c2)cc1C1CNC(=O)c2ccccc21. The van der Waals surface area contributed by atoms with Crippen molar-refractivity contribution in [2.75, 3.05) is 18.2 Å². The summed E-state index contributed by atoms with van der Waals surface area (Å²) in [6, 6.07) is 15.1. The monoisotopic (exact) mass is 419 g/mol. The fraction of sp³-hybridized carbons (Fsp3) is 0.136. The number of nitrogen functional groups attached to an aromatic ring is 1. The Morgan fingerprint density at radius 2 is 2.03 bits per heavy atom. The third-order valence-corrected chi connectivity index (χ3v) is 5.75. The van der Waals surface area contributed by atoms with Gasteiger partial charge in [0.15, 0.2) is 0 Å². The maximum atomic E-state index is 12.2. The summed E-state index contributed by atoms with van der Waals surface area (Å²) in [5, 5.41) is 8.35. The molecule has 1 atom stereocenters. The molecule has 150 valence electrons. The van der Waals surface area contributed by atoms with Crippen LogP contribution in [-0.4, -0.2) is 38.6 Å². The molecule has 1 unspecified atom stereocenters. The summed E-state index contributed by atoms with van der Waals surface area (Å²) in [7, 11) is 0. The van der Waals surface area contributed by atoms with Gasteiger partial charge >= 0.3 is 0 Å². The Labute approximate surface area is 177 Å². The van der Waals surface area contributed by atoms with Crippen LogP contribution in [0.2, 0.25) is 0 Å². The average molecular weight is 420 g/mol. The van der Waals surface area contributed by atoms with E-state index >= 15 is 0 Å². The first-order valence-corrected chi connectivity index (χ1v) is 10.0. The van der Waals surface area contributed by atoms with Gasteiger partial charge in [-0.05, 0) is 29.8 Å². The van der Waals surface area contributed by atoms with Gasteiger partial charge in [-0.15, -0.1) is 11.6 Å². The number of halogens is 1. The number of hydrogen-bond donors (Lipinski definition) is 2. The van der Waals surface area contributed by atoms with Gasteiger partial charge < -0.3 is 11.1 Å². The van der Waals surface area contributed by atoms with Crippen LogP contribution in [0, 0.1) is 0 Å². The number of benzene rings is 2. The molecular weight excluding hydrogens is 402 g/mol. The number of aromatic nitrogens is 3. The Balaban J connectivity index is 1.58. The first-order valence-electron chi connectivity index (χ1n) is 9.49. The minimum absolute atomic E-state index is 0.0806. The summed E-state index contributed by atoms with van der Waals surface area (Å²) in [6.45, 7) is 0.456. The molecule has 1 amide bonds. The molecule has 0 radical (unpaired) electrons. The summed E-state index contributed by atoms with van der Waals surface area (Å²) in [5.41, 5.74) is 10.2. The first kappa shape index (κ1) is 18.4. The maximum Gasteiger partial charge on any atom is 0.251 e. The van der Waals surface area contributed by atoms with Crippen molar-refractivity contribution < 1.29 is 9.59 Å². The fourth-order valence-electron chi connectivity index (χ4n) is 4.03. The molecule has 5 rings (SSSR count). The second-order valence-corrected chi connectivity index (χ2v) is 7.49. The highest BCUT2D eigenvalue weighted by Crippen LogP contribution is 2.33. The molecule has 0 bridgehead atoms. The molecule has 2 aromatic carbocycles. The molecule has 0 aliphatic carbocycles. The average Bonchev–Trinajstić information content (AvgIpc) is 3.37. The van der Waals surface area contributed by atoms with Gasteiger partial charge in [0.05, 0.1) is 11.2 Å². The maximum absolute atomic E-state index is 12.2. The van der Waals surface area contributed by atoms with Gasteiger partial charge in [-0.1, -0.05) is 24.3 Å². The second-order valence-electron chi connectivity index (χ2n) is 7.22.